The van der Waals surface area contributed by atoms with E-state index in [1.54, 1.807) is 29.7 Å². The highest BCUT2D eigenvalue weighted by Gasteiger charge is 2.42. The Morgan fingerprint density at radius 2 is 2.03 bits per heavy atom. The number of carbonyl (C=O) groups is 3. The maximum atomic E-state index is 12.6. The fraction of sp³-hybridized carbons (Fsp3) is 0.238. The van der Waals surface area contributed by atoms with Gasteiger partial charge in [-0.3, -0.25) is 19.7 Å². The number of amides is 3. The Morgan fingerprint density at radius 1 is 1.24 bits per heavy atom. The van der Waals surface area contributed by atoms with Crippen molar-refractivity contribution in [1.29, 1.82) is 0 Å². The molecule has 1 aliphatic heterocycles. The molecule has 0 saturated carbocycles. The maximum absolute atomic E-state index is 12.6. The van der Waals surface area contributed by atoms with Gasteiger partial charge in [-0.25, -0.2) is 4.98 Å². The Morgan fingerprint density at radius 3 is 2.69 bits per heavy atom. The first-order valence-corrected chi connectivity index (χ1v) is 11.0. The molecule has 148 valence electrons. The summed E-state index contributed by atoms with van der Waals surface area (Å²) in [6.07, 6.45) is 3.01. The van der Waals surface area contributed by atoms with Crippen molar-refractivity contribution in [2.45, 2.75) is 31.6 Å². The zero-order valence-electron chi connectivity index (χ0n) is 15.7. The van der Waals surface area contributed by atoms with Crippen molar-refractivity contribution in [3.63, 3.8) is 0 Å². The van der Waals surface area contributed by atoms with Crippen LogP contribution < -0.4 is 10.6 Å². The van der Waals surface area contributed by atoms with E-state index in [4.69, 9.17) is 0 Å². The van der Waals surface area contributed by atoms with Gasteiger partial charge in [-0.05, 0) is 42.0 Å². The molecule has 3 aromatic rings. The van der Waals surface area contributed by atoms with Gasteiger partial charge < -0.3 is 5.32 Å². The van der Waals surface area contributed by atoms with Crippen LogP contribution in [0.15, 0.2) is 48.0 Å². The number of hydrogen-bond donors (Lipinski definition) is 2. The number of thiophene rings is 1. The smallest absolute Gasteiger partial charge is 0.267 e. The minimum Gasteiger partial charge on any atom is -0.321 e. The van der Waals surface area contributed by atoms with Crippen molar-refractivity contribution in [1.82, 2.24) is 10.3 Å². The first-order valence-electron chi connectivity index (χ1n) is 9.28. The molecule has 2 aromatic heterocycles. The average molecular weight is 426 g/mol. The van der Waals surface area contributed by atoms with E-state index < -0.39 is 5.41 Å². The van der Waals surface area contributed by atoms with Gasteiger partial charge in [0.1, 0.15) is 9.88 Å². The SMILES string of the molecule is CCC1(c2ccc(NC(=O)c3cnc(-c4cccs4)s3)cc2)CCC(=O)NC1=O. The molecule has 29 heavy (non-hydrogen) atoms. The van der Waals surface area contributed by atoms with Crippen molar-refractivity contribution >= 4 is 46.1 Å². The topological polar surface area (TPSA) is 88.2 Å². The number of piperidine rings is 1. The fourth-order valence-electron chi connectivity index (χ4n) is 3.52. The van der Waals surface area contributed by atoms with Crippen LogP contribution in [0.5, 0.6) is 0 Å². The van der Waals surface area contributed by atoms with Crippen LogP contribution in [-0.4, -0.2) is 22.7 Å². The maximum Gasteiger partial charge on any atom is 0.267 e. The number of benzene rings is 1. The monoisotopic (exact) mass is 425 g/mol. The molecule has 1 aromatic carbocycles. The van der Waals surface area contributed by atoms with Crippen LogP contribution in [0, 0.1) is 0 Å². The van der Waals surface area contributed by atoms with Gasteiger partial charge in [0.25, 0.3) is 5.91 Å². The summed E-state index contributed by atoms with van der Waals surface area (Å²) in [6.45, 7) is 1.94. The minimum atomic E-state index is -0.705. The summed E-state index contributed by atoms with van der Waals surface area (Å²) in [7, 11) is 0. The zero-order chi connectivity index (χ0) is 20.4. The number of aromatic nitrogens is 1. The van der Waals surface area contributed by atoms with Crippen LogP contribution in [0.4, 0.5) is 5.69 Å². The van der Waals surface area contributed by atoms with E-state index in [1.807, 2.05) is 36.6 Å². The minimum absolute atomic E-state index is 0.218. The van der Waals surface area contributed by atoms with Crippen molar-refractivity contribution in [2.24, 2.45) is 0 Å². The van der Waals surface area contributed by atoms with Crippen LogP contribution in [0.2, 0.25) is 0 Å². The number of imide groups is 1. The molecule has 0 radical (unpaired) electrons. The lowest BCUT2D eigenvalue weighted by molar-refractivity contribution is -0.138. The third-order valence-corrected chi connectivity index (χ3v) is 7.26. The third kappa shape index (κ3) is 3.73. The van der Waals surface area contributed by atoms with Gasteiger partial charge in [-0.15, -0.1) is 22.7 Å². The van der Waals surface area contributed by atoms with Gasteiger partial charge >= 0.3 is 0 Å². The second-order valence-electron chi connectivity index (χ2n) is 6.85. The Kier molecular flexibility index (Phi) is 5.29. The van der Waals surface area contributed by atoms with Crippen molar-refractivity contribution in [3.05, 3.63) is 58.4 Å². The summed E-state index contributed by atoms with van der Waals surface area (Å²) in [6, 6.07) is 11.2. The number of hydrogen-bond acceptors (Lipinski definition) is 6. The average Bonchev–Trinajstić information content (AvgIpc) is 3.41. The largest absolute Gasteiger partial charge is 0.321 e. The fourth-order valence-corrected chi connectivity index (χ4v) is 5.14. The Labute approximate surface area is 176 Å². The highest BCUT2D eigenvalue weighted by Crippen LogP contribution is 2.36. The highest BCUT2D eigenvalue weighted by molar-refractivity contribution is 7.22. The molecule has 1 saturated heterocycles. The van der Waals surface area contributed by atoms with Gasteiger partial charge in [0, 0.05) is 12.1 Å². The van der Waals surface area contributed by atoms with Crippen molar-refractivity contribution in [3.8, 4) is 9.88 Å². The highest BCUT2D eigenvalue weighted by atomic mass is 32.1. The van der Waals surface area contributed by atoms with E-state index in [9.17, 15) is 14.4 Å². The molecule has 1 unspecified atom stereocenters. The van der Waals surface area contributed by atoms with E-state index >= 15 is 0 Å². The second kappa shape index (κ2) is 7.88. The van der Waals surface area contributed by atoms with E-state index in [-0.39, 0.29) is 17.7 Å². The number of thiazole rings is 1. The van der Waals surface area contributed by atoms with Gasteiger partial charge in [0.15, 0.2) is 0 Å². The lowest BCUT2D eigenvalue weighted by atomic mass is 9.72. The first kappa shape index (κ1) is 19.5. The van der Waals surface area contributed by atoms with Gasteiger partial charge in [-0.2, -0.15) is 0 Å². The quantitative estimate of drug-likeness (QED) is 0.600. The van der Waals surface area contributed by atoms with E-state index in [0.29, 0.717) is 29.8 Å². The van der Waals surface area contributed by atoms with Gasteiger partial charge in [0.2, 0.25) is 11.8 Å². The molecule has 1 fully saturated rings. The molecule has 0 bridgehead atoms. The number of nitrogens with zero attached hydrogens (tertiary/aromatic N) is 1. The van der Waals surface area contributed by atoms with Gasteiger partial charge in [0.05, 0.1) is 16.5 Å². The Hall–Kier alpha value is -2.84. The molecule has 4 rings (SSSR count). The summed E-state index contributed by atoms with van der Waals surface area (Å²) in [5.74, 6) is -0.697. The van der Waals surface area contributed by atoms with Crippen LogP contribution in [0.25, 0.3) is 9.88 Å². The van der Waals surface area contributed by atoms with Gasteiger partial charge in [-0.1, -0.05) is 25.1 Å². The first-order chi connectivity index (χ1) is 14.0. The standard InChI is InChI=1S/C21H19N3O3S2/c1-2-21(10-9-17(25)24-20(21)27)13-5-7-14(8-6-13)23-18(26)16-12-22-19(29-16)15-4-3-11-28-15/h3-8,11-12H,2,9-10H2,1H3,(H,23,26)(H,24,25,27). The van der Waals surface area contributed by atoms with E-state index in [0.717, 1.165) is 15.4 Å². The molecular formula is C21H19N3O3S2. The van der Waals surface area contributed by atoms with E-state index in [2.05, 4.69) is 15.6 Å². The Balaban J connectivity index is 1.49. The molecule has 0 spiro atoms. The van der Waals surface area contributed by atoms with Crippen LogP contribution >= 0.6 is 22.7 Å². The summed E-state index contributed by atoms with van der Waals surface area (Å²) in [5.41, 5.74) is 0.785. The predicted molar refractivity (Wildman–Crippen MR) is 114 cm³/mol. The van der Waals surface area contributed by atoms with Crippen LogP contribution in [0.1, 0.15) is 41.4 Å². The summed E-state index contributed by atoms with van der Waals surface area (Å²) >= 11 is 2.93. The normalized spacial score (nSPS) is 19.1. The molecule has 3 amide bonds. The molecule has 2 N–H and O–H groups in total. The summed E-state index contributed by atoms with van der Waals surface area (Å²) < 4.78 is 0. The molecule has 6 nitrogen and oxygen atoms in total. The molecule has 8 heteroatoms. The molecule has 1 aliphatic rings. The predicted octanol–water partition coefficient (Wildman–Crippen LogP) is 4.21. The Bertz CT molecular complexity index is 1060. The van der Waals surface area contributed by atoms with E-state index in [1.165, 1.54) is 11.3 Å². The van der Waals surface area contributed by atoms with Crippen LogP contribution in [-0.2, 0) is 15.0 Å². The number of rotatable bonds is 5. The second-order valence-corrected chi connectivity index (χ2v) is 8.83. The lowest BCUT2D eigenvalue weighted by Gasteiger charge is -2.35. The molecule has 1 atom stereocenters. The molecular weight excluding hydrogens is 406 g/mol. The summed E-state index contributed by atoms with van der Waals surface area (Å²) in [4.78, 5) is 42.5. The van der Waals surface area contributed by atoms with Crippen LogP contribution in [0.3, 0.4) is 0 Å². The zero-order valence-corrected chi connectivity index (χ0v) is 17.4. The number of carbonyl (C=O) groups excluding carboxylic acids is 3. The number of nitrogens with one attached hydrogen (secondary N) is 2. The number of anilines is 1. The lowest BCUT2D eigenvalue weighted by Crippen LogP contribution is -2.51. The van der Waals surface area contributed by atoms with Crippen molar-refractivity contribution in [2.75, 3.05) is 5.32 Å². The molecule has 0 aliphatic carbocycles. The molecule has 3 heterocycles. The third-order valence-electron chi connectivity index (χ3n) is 5.23. The van der Waals surface area contributed by atoms with Crippen molar-refractivity contribution < 1.29 is 14.4 Å². The summed E-state index contributed by atoms with van der Waals surface area (Å²) in [5, 5.41) is 8.12.